The molecule has 0 rings (SSSR count). The van der Waals surface area contributed by atoms with E-state index in [-0.39, 0.29) is 12.1 Å². The summed E-state index contributed by atoms with van der Waals surface area (Å²) in [6.45, 7) is 2.54. The molecule has 0 aromatic heterocycles. The molecule has 0 aromatic carbocycles. The Labute approximate surface area is 62.8 Å². The van der Waals surface area contributed by atoms with Gasteiger partial charge in [-0.3, -0.25) is 0 Å². The van der Waals surface area contributed by atoms with Crippen LogP contribution in [0, 0.1) is 0 Å². The van der Waals surface area contributed by atoms with Crippen molar-refractivity contribution in [2.24, 2.45) is 5.73 Å². The standard InChI is InChI=1S/C7H18N2O/c1-6(9(2)3)7(10)4-5-8/h6-7,10H,4-5,8H2,1-3H3. The van der Waals surface area contributed by atoms with E-state index >= 15 is 0 Å². The van der Waals surface area contributed by atoms with Gasteiger partial charge in [-0.25, -0.2) is 0 Å². The van der Waals surface area contributed by atoms with E-state index in [0.29, 0.717) is 13.0 Å². The Kier molecular flexibility index (Phi) is 4.60. The van der Waals surface area contributed by atoms with Gasteiger partial charge in [0.05, 0.1) is 6.10 Å². The van der Waals surface area contributed by atoms with Gasteiger partial charge in [-0.2, -0.15) is 0 Å². The highest BCUT2D eigenvalue weighted by Crippen LogP contribution is 2.01. The van der Waals surface area contributed by atoms with Crippen LogP contribution in [-0.4, -0.2) is 42.8 Å². The molecule has 10 heavy (non-hydrogen) atoms. The van der Waals surface area contributed by atoms with Crippen LogP contribution >= 0.6 is 0 Å². The number of rotatable bonds is 4. The van der Waals surface area contributed by atoms with Crippen molar-refractivity contribution in [3.8, 4) is 0 Å². The second-order valence-electron chi connectivity index (χ2n) is 2.85. The summed E-state index contributed by atoms with van der Waals surface area (Å²) in [5, 5.41) is 9.37. The third kappa shape index (κ3) is 3.15. The van der Waals surface area contributed by atoms with E-state index in [2.05, 4.69) is 0 Å². The number of nitrogens with zero attached hydrogens (tertiary/aromatic N) is 1. The van der Waals surface area contributed by atoms with Crippen LogP contribution in [0.3, 0.4) is 0 Å². The molecule has 3 heteroatoms. The van der Waals surface area contributed by atoms with Crippen molar-refractivity contribution in [1.82, 2.24) is 4.90 Å². The first kappa shape index (κ1) is 9.88. The molecule has 0 aliphatic carbocycles. The molecule has 0 aromatic rings. The van der Waals surface area contributed by atoms with Gasteiger partial charge in [-0.15, -0.1) is 0 Å². The van der Waals surface area contributed by atoms with Crippen molar-refractivity contribution in [2.75, 3.05) is 20.6 Å². The lowest BCUT2D eigenvalue weighted by Crippen LogP contribution is -2.37. The fraction of sp³-hybridized carbons (Fsp3) is 1.00. The van der Waals surface area contributed by atoms with Gasteiger partial charge in [0.15, 0.2) is 0 Å². The quantitative estimate of drug-likeness (QED) is 0.570. The van der Waals surface area contributed by atoms with Gasteiger partial charge in [0, 0.05) is 6.04 Å². The summed E-state index contributed by atoms with van der Waals surface area (Å²) in [7, 11) is 3.90. The van der Waals surface area contributed by atoms with Gasteiger partial charge in [0.25, 0.3) is 0 Å². The molecule has 0 fully saturated rings. The molecule has 62 valence electrons. The Balaban J connectivity index is 3.58. The first-order chi connectivity index (χ1) is 4.59. The normalized spacial score (nSPS) is 17.4. The zero-order valence-corrected chi connectivity index (χ0v) is 7.04. The van der Waals surface area contributed by atoms with Gasteiger partial charge >= 0.3 is 0 Å². The molecule has 2 atom stereocenters. The number of aliphatic hydroxyl groups is 1. The van der Waals surface area contributed by atoms with E-state index in [1.807, 2.05) is 25.9 Å². The zero-order chi connectivity index (χ0) is 8.15. The monoisotopic (exact) mass is 146 g/mol. The van der Waals surface area contributed by atoms with Gasteiger partial charge in [0.1, 0.15) is 0 Å². The molecule has 0 amide bonds. The summed E-state index contributed by atoms with van der Waals surface area (Å²) in [5.74, 6) is 0. The van der Waals surface area contributed by atoms with E-state index in [9.17, 15) is 5.11 Å². The first-order valence-corrected chi connectivity index (χ1v) is 3.64. The Morgan fingerprint density at radius 2 is 2.00 bits per heavy atom. The number of hydrogen-bond acceptors (Lipinski definition) is 3. The number of aliphatic hydroxyl groups excluding tert-OH is 1. The Morgan fingerprint density at radius 3 is 2.30 bits per heavy atom. The molecule has 0 spiro atoms. The minimum absolute atomic E-state index is 0.198. The summed E-state index contributed by atoms with van der Waals surface area (Å²) < 4.78 is 0. The van der Waals surface area contributed by atoms with Crippen molar-refractivity contribution in [1.29, 1.82) is 0 Å². The molecule has 0 radical (unpaired) electrons. The molecule has 0 aliphatic heterocycles. The van der Waals surface area contributed by atoms with Crippen molar-refractivity contribution in [2.45, 2.75) is 25.5 Å². The van der Waals surface area contributed by atoms with Crippen LogP contribution in [0.4, 0.5) is 0 Å². The Bertz CT molecular complexity index is 85.7. The van der Waals surface area contributed by atoms with Crippen LogP contribution in [0.25, 0.3) is 0 Å². The van der Waals surface area contributed by atoms with Crippen molar-refractivity contribution in [3.63, 3.8) is 0 Å². The molecule has 0 bridgehead atoms. The second kappa shape index (κ2) is 4.66. The average molecular weight is 146 g/mol. The summed E-state index contributed by atoms with van der Waals surface area (Å²) in [5.41, 5.74) is 5.29. The van der Waals surface area contributed by atoms with Crippen LogP contribution in [0.2, 0.25) is 0 Å². The van der Waals surface area contributed by atoms with Gasteiger partial charge in [-0.05, 0) is 34.0 Å². The third-order valence-electron chi connectivity index (χ3n) is 1.83. The molecule has 0 aliphatic rings. The average Bonchev–Trinajstić information content (AvgIpc) is 1.87. The van der Waals surface area contributed by atoms with E-state index in [1.54, 1.807) is 0 Å². The highest BCUT2D eigenvalue weighted by molar-refractivity contribution is 4.70. The summed E-state index contributed by atoms with van der Waals surface area (Å²) >= 11 is 0. The maximum atomic E-state index is 9.37. The van der Waals surface area contributed by atoms with Crippen molar-refractivity contribution in [3.05, 3.63) is 0 Å². The molecule has 0 heterocycles. The zero-order valence-electron chi connectivity index (χ0n) is 7.04. The lowest BCUT2D eigenvalue weighted by atomic mass is 10.1. The Hall–Kier alpha value is -0.120. The minimum atomic E-state index is -0.292. The van der Waals surface area contributed by atoms with Gasteiger partial charge in [0.2, 0.25) is 0 Å². The highest BCUT2D eigenvalue weighted by Gasteiger charge is 2.14. The predicted molar refractivity (Wildman–Crippen MR) is 42.8 cm³/mol. The maximum absolute atomic E-state index is 9.37. The van der Waals surface area contributed by atoms with E-state index in [1.165, 1.54) is 0 Å². The number of nitrogens with two attached hydrogens (primary N) is 1. The van der Waals surface area contributed by atoms with Gasteiger partial charge < -0.3 is 15.7 Å². The summed E-state index contributed by atoms with van der Waals surface area (Å²) in [6, 6.07) is 0.198. The van der Waals surface area contributed by atoms with Gasteiger partial charge in [-0.1, -0.05) is 0 Å². The smallest absolute Gasteiger partial charge is 0.0704 e. The fourth-order valence-corrected chi connectivity index (χ4v) is 0.756. The van der Waals surface area contributed by atoms with Crippen LogP contribution in [0.15, 0.2) is 0 Å². The molecule has 0 saturated heterocycles. The van der Waals surface area contributed by atoms with Crippen molar-refractivity contribution < 1.29 is 5.11 Å². The number of likely N-dealkylation sites (N-methyl/N-ethyl adjacent to an activating group) is 1. The largest absolute Gasteiger partial charge is 0.391 e. The second-order valence-corrected chi connectivity index (χ2v) is 2.85. The topological polar surface area (TPSA) is 49.5 Å². The molecule has 3 nitrogen and oxygen atoms in total. The Morgan fingerprint density at radius 1 is 1.50 bits per heavy atom. The lowest BCUT2D eigenvalue weighted by Gasteiger charge is -2.24. The van der Waals surface area contributed by atoms with Crippen LogP contribution < -0.4 is 5.73 Å². The molecular weight excluding hydrogens is 128 g/mol. The van der Waals surface area contributed by atoms with Crippen LogP contribution in [-0.2, 0) is 0 Å². The lowest BCUT2D eigenvalue weighted by molar-refractivity contribution is 0.0807. The SMILES string of the molecule is CC(C(O)CCN)N(C)C. The van der Waals surface area contributed by atoms with E-state index in [4.69, 9.17) is 5.73 Å². The van der Waals surface area contributed by atoms with Crippen LogP contribution in [0.5, 0.6) is 0 Å². The third-order valence-corrected chi connectivity index (χ3v) is 1.83. The minimum Gasteiger partial charge on any atom is -0.391 e. The fourth-order valence-electron chi connectivity index (χ4n) is 0.756. The maximum Gasteiger partial charge on any atom is 0.0704 e. The van der Waals surface area contributed by atoms with E-state index in [0.717, 1.165) is 0 Å². The van der Waals surface area contributed by atoms with Crippen molar-refractivity contribution >= 4 is 0 Å². The molecule has 0 saturated carbocycles. The summed E-state index contributed by atoms with van der Waals surface area (Å²) in [6.07, 6.45) is 0.388. The van der Waals surface area contributed by atoms with Crippen LogP contribution in [0.1, 0.15) is 13.3 Å². The molecular formula is C7H18N2O. The first-order valence-electron chi connectivity index (χ1n) is 3.64. The summed E-state index contributed by atoms with van der Waals surface area (Å²) in [4.78, 5) is 1.99. The molecule has 2 unspecified atom stereocenters. The predicted octanol–water partition coefficient (Wildman–Crippen LogP) is -0.354. The van der Waals surface area contributed by atoms with E-state index < -0.39 is 0 Å². The number of hydrogen-bond donors (Lipinski definition) is 2. The molecule has 3 N–H and O–H groups in total. The highest BCUT2D eigenvalue weighted by atomic mass is 16.3.